The van der Waals surface area contributed by atoms with Crippen molar-refractivity contribution in [2.24, 2.45) is 5.10 Å². The summed E-state index contributed by atoms with van der Waals surface area (Å²) >= 11 is 9.63. The number of nitrogens with zero attached hydrogens (tertiary/aromatic N) is 2. The lowest BCUT2D eigenvalue weighted by Gasteiger charge is -2.24. The van der Waals surface area contributed by atoms with Gasteiger partial charge in [0, 0.05) is 5.02 Å². The summed E-state index contributed by atoms with van der Waals surface area (Å²) in [7, 11) is -1.03. The Morgan fingerprint density at radius 3 is 2.46 bits per heavy atom. The maximum atomic E-state index is 13.4. The molecule has 1 amide bonds. The minimum atomic E-state index is -4.05. The van der Waals surface area contributed by atoms with Crippen LogP contribution < -0.4 is 19.2 Å². The van der Waals surface area contributed by atoms with Crippen LogP contribution in [0.3, 0.4) is 0 Å². The Hall–Kier alpha value is -3.08. The smallest absolute Gasteiger partial charge is 0.264 e. The number of amides is 1. The van der Waals surface area contributed by atoms with Gasteiger partial charge in [-0.1, -0.05) is 35.9 Å². The van der Waals surface area contributed by atoms with Crippen LogP contribution in [0.25, 0.3) is 0 Å². The van der Waals surface area contributed by atoms with E-state index in [1.54, 1.807) is 49.4 Å². The highest BCUT2D eigenvalue weighted by Gasteiger charge is 2.27. The molecule has 0 fully saturated rings. The molecule has 0 aromatic heterocycles. The summed E-state index contributed by atoms with van der Waals surface area (Å²) in [5.74, 6) is 0.357. The SMILES string of the molecule is COc1cc(/C=N\NC(=O)CN(c2ccc(C)c(Cl)c2)S(=O)(=O)c2ccccc2)cc(Br)c1OC. The van der Waals surface area contributed by atoms with E-state index in [1.807, 2.05) is 0 Å². The second-order valence-electron chi connectivity index (χ2n) is 7.29. The van der Waals surface area contributed by atoms with Crippen molar-refractivity contribution in [2.45, 2.75) is 11.8 Å². The zero-order chi connectivity index (χ0) is 25.6. The topological polar surface area (TPSA) is 97.3 Å². The lowest BCUT2D eigenvalue weighted by Crippen LogP contribution is -2.39. The number of carbonyl (C=O) groups excluding carboxylic acids is 1. The molecule has 0 heterocycles. The minimum Gasteiger partial charge on any atom is -0.493 e. The van der Waals surface area contributed by atoms with Crippen molar-refractivity contribution in [3.8, 4) is 11.5 Å². The Balaban J connectivity index is 1.85. The van der Waals surface area contributed by atoms with Gasteiger partial charge in [0.1, 0.15) is 6.54 Å². The van der Waals surface area contributed by atoms with E-state index < -0.39 is 22.5 Å². The molecule has 0 aliphatic rings. The first kappa shape index (κ1) is 26.5. The molecule has 11 heteroatoms. The summed E-state index contributed by atoms with van der Waals surface area (Å²) in [6.07, 6.45) is 1.41. The van der Waals surface area contributed by atoms with Crippen molar-refractivity contribution in [3.05, 3.63) is 81.3 Å². The van der Waals surface area contributed by atoms with Gasteiger partial charge < -0.3 is 9.47 Å². The fourth-order valence-electron chi connectivity index (χ4n) is 3.13. The van der Waals surface area contributed by atoms with Crippen LogP contribution in [-0.4, -0.2) is 41.3 Å². The average Bonchev–Trinajstić information content (AvgIpc) is 2.84. The number of benzene rings is 3. The molecule has 0 bridgehead atoms. The fraction of sp³-hybridized carbons (Fsp3) is 0.167. The van der Waals surface area contributed by atoms with Gasteiger partial charge in [0.2, 0.25) is 0 Å². The summed E-state index contributed by atoms with van der Waals surface area (Å²) in [4.78, 5) is 12.8. The number of rotatable bonds is 9. The molecule has 0 unspecified atom stereocenters. The van der Waals surface area contributed by atoms with Gasteiger partial charge in [-0.2, -0.15) is 5.10 Å². The number of hydrogen-bond donors (Lipinski definition) is 1. The Morgan fingerprint density at radius 1 is 1.11 bits per heavy atom. The van der Waals surface area contributed by atoms with Gasteiger partial charge in [0.15, 0.2) is 11.5 Å². The predicted octanol–water partition coefficient (Wildman–Crippen LogP) is 4.77. The van der Waals surface area contributed by atoms with Crippen molar-refractivity contribution in [1.82, 2.24) is 5.43 Å². The Labute approximate surface area is 217 Å². The van der Waals surface area contributed by atoms with Crippen LogP contribution in [0.1, 0.15) is 11.1 Å². The normalized spacial score (nSPS) is 11.3. The quantitative estimate of drug-likeness (QED) is 0.290. The van der Waals surface area contributed by atoms with Gasteiger partial charge in [-0.15, -0.1) is 0 Å². The highest BCUT2D eigenvalue weighted by atomic mass is 79.9. The summed E-state index contributed by atoms with van der Waals surface area (Å²) < 4.78 is 38.9. The highest BCUT2D eigenvalue weighted by Crippen LogP contribution is 2.35. The van der Waals surface area contributed by atoms with Crippen LogP contribution in [0, 0.1) is 6.92 Å². The third-order valence-corrected chi connectivity index (χ3v) is 7.70. The van der Waals surface area contributed by atoms with Crippen molar-refractivity contribution < 1.29 is 22.7 Å². The summed E-state index contributed by atoms with van der Waals surface area (Å²) in [6.45, 7) is 1.29. The molecule has 3 aromatic carbocycles. The van der Waals surface area contributed by atoms with E-state index in [1.165, 1.54) is 38.6 Å². The third kappa shape index (κ3) is 6.33. The fourth-order valence-corrected chi connectivity index (χ4v) is 5.36. The van der Waals surface area contributed by atoms with Gasteiger partial charge in [-0.25, -0.2) is 13.8 Å². The second-order valence-corrected chi connectivity index (χ2v) is 10.4. The molecule has 0 atom stereocenters. The molecule has 3 aromatic rings. The molecule has 35 heavy (non-hydrogen) atoms. The molecule has 0 aliphatic carbocycles. The number of aryl methyl sites for hydroxylation is 1. The lowest BCUT2D eigenvalue weighted by atomic mass is 10.2. The minimum absolute atomic E-state index is 0.0446. The molecule has 8 nitrogen and oxygen atoms in total. The van der Waals surface area contributed by atoms with Crippen molar-refractivity contribution in [3.63, 3.8) is 0 Å². The Morgan fingerprint density at radius 2 is 1.83 bits per heavy atom. The van der Waals surface area contributed by atoms with Crippen LogP contribution in [-0.2, 0) is 14.8 Å². The van der Waals surface area contributed by atoms with Crippen LogP contribution in [0.5, 0.6) is 11.5 Å². The maximum absolute atomic E-state index is 13.4. The molecular weight excluding hydrogens is 558 g/mol. The standard InChI is InChI=1S/C24H23BrClN3O5S/c1-16-9-10-18(13-21(16)26)29(35(31,32)19-7-5-4-6-8-19)15-23(30)28-27-14-17-11-20(25)24(34-3)22(12-17)33-2/h4-14H,15H2,1-3H3,(H,28,30)/b27-14-. The first-order valence-corrected chi connectivity index (χ1v) is 12.9. The molecule has 0 radical (unpaired) electrons. The molecular formula is C24H23BrClN3O5S. The molecule has 0 saturated carbocycles. The Bertz CT molecular complexity index is 1350. The maximum Gasteiger partial charge on any atom is 0.264 e. The summed E-state index contributed by atoms with van der Waals surface area (Å²) in [6, 6.07) is 16.1. The number of ether oxygens (including phenoxy) is 2. The van der Waals surface area contributed by atoms with Gasteiger partial charge in [-0.3, -0.25) is 9.10 Å². The molecule has 0 spiro atoms. The molecule has 0 aliphatic heterocycles. The van der Waals surface area contributed by atoms with E-state index in [4.69, 9.17) is 21.1 Å². The van der Waals surface area contributed by atoms with Gasteiger partial charge in [-0.05, 0) is 70.4 Å². The monoisotopic (exact) mass is 579 g/mol. The summed E-state index contributed by atoms with van der Waals surface area (Å²) in [5.41, 5.74) is 4.03. The van der Waals surface area contributed by atoms with Crippen LogP contribution in [0.2, 0.25) is 5.02 Å². The number of nitrogens with one attached hydrogen (secondary N) is 1. The predicted molar refractivity (Wildman–Crippen MR) is 140 cm³/mol. The highest BCUT2D eigenvalue weighted by molar-refractivity contribution is 9.10. The number of sulfonamides is 1. The number of anilines is 1. The van der Waals surface area contributed by atoms with Crippen LogP contribution in [0.15, 0.2) is 75.1 Å². The Kier molecular flexibility index (Phi) is 8.76. The van der Waals surface area contributed by atoms with Crippen molar-refractivity contribution in [1.29, 1.82) is 0 Å². The molecule has 3 rings (SSSR count). The number of methoxy groups -OCH3 is 2. The number of carbonyl (C=O) groups is 1. The van der Waals surface area contributed by atoms with Gasteiger partial charge in [0.25, 0.3) is 15.9 Å². The van der Waals surface area contributed by atoms with Crippen LogP contribution in [0.4, 0.5) is 5.69 Å². The zero-order valence-electron chi connectivity index (χ0n) is 19.2. The number of hydrogen-bond acceptors (Lipinski definition) is 6. The number of hydrazone groups is 1. The molecule has 184 valence electrons. The number of halogens is 2. The first-order chi connectivity index (χ1) is 16.7. The average molecular weight is 581 g/mol. The van der Waals surface area contributed by atoms with E-state index in [-0.39, 0.29) is 10.6 Å². The third-order valence-electron chi connectivity index (χ3n) is 4.92. The van der Waals surface area contributed by atoms with Gasteiger partial charge in [0.05, 0.1) is 35.5 Å². The summed E-state index contributed by atoms with van der Waals surface area (Å²) in [5, 5.41) is 4.34. The first-order valence-electron chi connectivity index (χ1n) is 10.2. The van der Waals surface area contributed by atoms with E-state index in [2.05, 4.69) is 26.5 Å². The van der Waals surface area contributed by atoms with Crippen LogP contribution >= 0.6 is 27.5 Å². The molecule has 0 saturated heterocycles. The van der Waals surface area contributed by atoms with E-state index >= 15 is 0 Å². The van der Waals surface area contributed by atoms with E-state index in [9.17, 15) is 13.2 Å². The van der Waals surface area contributed by atoms with Crippen molar-refractivity contribution >= 4 is 55.4 Å². The largest absolute Gasteiger partial charge is 0.493 e. The zero-order valence-corrected chi connectivity index (χ0v) is 22.3. The van der Waals surface area contributed by atoms with Crippen molar-refractivity contribution in [2.75, 3.05) is 25.1 Å². The second kappa shape index (κ2) is 11.6. The van der Waals surface area contributed by atoms with E-state index in [0.717, 1.165) is 9.87 Å². The van der Waals surface area contributed by atoms with E-state index in [0.29, 0.717) is 26.6 Å². The van der Waals surface area contributed by atoms with Gasteiger partial charge >= 0.3 is 0 Å². The lowest BCUT2D eigenvalue weighted by molar-refractivity contribution is -0.119. The molecule has 1 N–H and O–H groups in total.